The smallest absolute Gasteiger partial charge is 0.236 e. The zero-order valence-electron chi connectivity index (χ0n) is 19.9. The maximum atomic E-state index is 13.5. The predicted molar refractivity (Wildman–Crippen MR) is 130 cm³/mol. The Hall–Kier alpha value is -3.17. The summed E-state index contributed by atoms with van der Waals surface area (Å²) in [6.07, 6.45) is 0.582. The molecule has 0 unspecified atom stereocenters. The maximum Gasteiger partial charge on any atom is 0.236 e. The van der Waals surface area contributed by atoms with Crippen molar-refractivity contribution in [1.29, 1.82) is 0 Å². The number of anilines is 2. The molecule has 35 heavy (non-hydrogen) atoms. The largest absolute Gasteiger partial charge is 0.497 e. The van der Waals surface area contributed by atoms with Crippen LogP contribution >= 0.6 is 0 Å². The number of halogens is 1. The number of fused-ring (bicyclic) bond motifs is 3. The molecule has 1 N–H and O–H groups in total. The first-order valence-corrected chi connectivity index (χ1v) is 12.1. The molecule has 2 fully saturated rings. The van der Waals surface area contributed by atoms with Crippen LogP contribution in [0.15, 0.2) is 42.5 Å². The molecule has 3 heterocycles. The summed E-state index contributed by atoms with van der Waals surface area (Å²) in [5.41, 5.74) is 2.75. The minimum absolute atomic E-state index is 0.0960. The van der Waals surface area contributed by atoms with Crippen molar-refractivity contribution in [3.63, 3.8) is 0 Å². The average molecular weight is 483 g/mol. The number of nitrogens with one attached hydrogen (secondary N) is 1. The second kappa shape index (κ2) is 10.2. The molecule has 2 amide bonds. The van der Waals surface area contributed by atoms with Gasteiger partial charge in [0, 0.05) is 50.2 Å². The van der Waals surface area contributed by atoms with Crippen molar-refractivity contribution in [2.45, 2.75) is 12.5 Å². The molecule has 9 heteroatoms. The fourth-order valence-corrected chi connectivity index (χ4v) is 5.28. The van der Waals surface area contributed by atoms with E-state index in [0.29, 0.717) is 58.0 Å². The zero-order valence-corrected chi connectivity index (χ0v) is 19.9. The van der Waals surface area contributed by atoms with Gasteiger partial charge in [-0.05, 0) is 42.3 Å². The number of piperazine rings is 1. The number of ether oxygens (including phenoxy) is 2. The zero-order chi connectivity index (χ0) is 24.4. The van der Waals surface area contributed by atoms with E-state index in [1.54, 1.807) is 19.2 Å². The first-order valence-electron chi connectivity index (χ1n) is 12.1. The fraction of sp³-hybridized carbons (Fsp3) is 0.462. The summed E-state index contributed by atoms with van der Waals surface area (Å²) < 4.78 is 24.2. The molecular weight excluding hydrogens is 451 g/mol. The minimum atomic E-state index is -0.345. The number of rotatable bonds is 5. The van der Waals surface area contributed by atoms with Gasteiger partial charge < -0.3 is 24.6 Å². The van der Waals surface area contributed by atoms with Crippen molar-refractivity contribution < 1.29 is 23.5 Å². The Morgan fingerprint density at radius 2 is 1.86 bits per heavy atom. The number of methoxy groups -OCH3 is 1. The number of benzene rings is 2. The molecule has 0 spiro atoms. The van der Waals surface area contributed by atoms with Crippen LogP contribution in [0.2, 0.25) is 0 Å². The summed E-state index contributed by atoms with van der Waals surface area (Å²) in [4.78, 5) is 32.6. The van der Waals surface area contributed by atoms with Crippen LogP contribution in [0.4, 0.5) is 15.8 Å². The number of carbonyl (C=O) groups is 2. The van der Waals surface area contributed by atoms with Gasteiger partial charge in [-0.15, -0.1) is 0 Å². The van der Waals surface area contributed by atoms with Crippen molar-refractivity contribution >= 4 is 23.2 Å². The Morgan fingerprint density at radius 1 is 1.09 bits per heavy atom. The van der Waals surface area contributed by atoms with Crippen molar-refractivity contribution in [2.75, 3.05) is 69.8 Å². The SMILES string of the molecule is COc1ccc2c(c1)N1CCN(CC(=O)N3CCOCC3)C[C@@H]1[C@@H](C(=O)Nc1ccc(F)cc1)C2. The Labute approximate surface area is 204 Å². The molecule has 2 saturated heterocycles. The Morgan fingerprint density at radius 3 is 2.60 bits per heavy atom. The molecule has 3 aliphatic heterocycles. The third kappa shape index (κ3) is 5.11. The van der Waals surface area contributed by atoms with Gasteiger partial charge in [0.15, 0.2) is 0 Å². The van der Waals surface area contributed by atoms with Gasteiger partial charge in [-0.1, -0.05) is 6.07 Å². The summed E-state index contributed by atoms with van der Waals surface area (Å²) in [7, 11) is 1.65. The number of carbonyl (C=O) groups excluding carboxylic acids is 2. The van der Waals surface area contributed by atoms with Crippen LogP contribution in [0, 0.1) is 11.7 Å². The molecular formula is C26H31FN4O4. The number of amides is 2. The quantitative estimate of drug-likeness (QED) is 0.703. The lowest BCUT2D eigenvalue weighted by Gasteiger charge is -2.49. The van der Waals surface area contributed by atoms with Gasteiger partial charge in [-0.2, -0.15) is 0 Å². The second-order valence-corrected chi connectivity index (χ2v) is 9.29. The molecule has 2 atom stereocenters. The highest BCUT2D eigenvalue weighted by Gasteiger charge is 2.42. The van der Waals surface area contributed by atoms with Gasteiger partial charge in [0.2, 0.25) is 11.8 Å². The van der Waals surface area contributed by atoms with Crippen molar-refractivity contribution in [3.8, 4) is 5.75 Å². The lowest BCUT2D eigenvalue weighted by Crippen LogP contribution is -2.61. The molecule has 2 aromatic carbocycles. The summed E-state index contributed by atoms with van der Waals surface area (Å²) in [6, 6.07) is 11.7. The molecule has 0 aromatic heterocycles. The Bertz CT molecular complexity index is 1070. The number of hydrogen-bond donors (Lipinski definition) is 1. The lowest BCUT2D eigenvalue weighted by atomic mass is 9.83. The Kier molecular flexibility index (Phi) is 6.88. The number of nitrogens with zero attached hydrogens (tertiary/aromatic N) is 3. The van der Waals surface area contributed by atoms with E-state index in [-0.39, 0.29) is 29.6 Å². The number of morpholine rings is 1. The van der Waals surface area contributed by atoms with E-state index >= 15 is 0 Å². The minimum Gasteiger partial charge on any atom is -0.497 e. The van der Waals surface area contributed by atoms with Crippen LogP contribution in [0.5, 0.6) is 5.75 Å². The molecule has 2 aromatic rings. The Balaban J connectivity index is 1.36. The van der Waals surface area contributed by atoms with Crippen LogP contribution < -0.4 is 15.0 Å². The van der Waals surface area contributed by atoms with Crippen LogP contribution in [0.3, 0.4) is 0 Å². The molecule has 0 aliphatic carbocycles. The van der Waals surface area contributed by atoms with Gasteiger partial charge >= 0.3 is 0 Å². The van der Waals surface area contributed by atoms with Gasteiger partial charge in [0.25, 0.3) is 0 Å². The normalized spacial score (nSPS) is 22.2. The van der Waals surface area contributed by atoms with Gasteiger partial charge in [-0.25, -0.2) is 4.39 Å². The summed E-state index contributed by atoms with van der Waals surface area (Å²) in [5, 5.41) is 2.97. The first kappa shape index (κ1) is 23.6. The van der Waals surface area contributed by atoms with E-state index in [0.717, 1.165) is 23.5 Å². The summed E-state index contributed by atoms with van der Waals surface area (Å²) in [5.74, 6) is 0.118. The summed E-state index contributed by atoms with van der Waals surface area (Å²) >= 11 is 0. The highest BCUT2D eigenvalue weighted by Crippen LogP contribution is 2.38. The highest BCUT2D eigenvalue weighted by atomic mass is 19.1. The van der Waals surface area contributed by atoms with Crippen LogP contribution in [0.1, 0.15) is 5.56 Å². The van der Waals surface area contributed by atoms with E-state index in [1.807, 2.05) is 23.1 Å². The molecule has 0 radical (unpaired) electrons. The molecule has 3 aliphatic rings. The van der Waals surface area contributed by atoms with Crippen LogP contribution in [-0.2, 0) is 20.7 Å². The highest BCUT2D eigenvalue weighted by molar-refractivity contribution is 5.94. The van der Waals surface area contributed by atoms with Crippen molar-refractivity contribution in [2.24, 2.45) is 5.92 Å². The van der Waals surface area contributed by atoms with Crippen molar-refractivity contribution in [3.05, 3.63) is 53.8 Å². The monoisotopic (exact) mass is 482 g/mol. The van der Waals surface area contributed by atoms with Crippen LogP contribution in [-0.4, -0.2) is 87.2 Å². The number of hydrogen-bond acceptors (Lipinski definition) is 6. The van der Waals surface area contributed by atoms with Gasteiger partial charge in [0.05, 0.1) is 38.8 Å². The van der Waals surface area contributed by atoms with Crippen LogP contribution in [0.25, 0.3) is 0 Å². The van der Waals surface area contributed by atoms with E-state index in [9.17, 15) is 14.0 Å². The maximum absolute atomic E-state index is 13.5. The van der Waals surface area contributed by atoms with E-state index in [1.165, 1.54) is 12.1 Å². The van der Waals surface area contributed by atoms with E-state index in [2.05, 4.69) is 15.1 Å². The second-order valence-electron chi connectivity index (χ2n) is 9.29. The first-order chi connectivity index (χ1) is 17.0. The lowest BCUT2D eigenvalue weighted by molar-refractivity contribution is -0.136. The fourth-order valence-electron chi connectivity index (χ4n) is 5.28. The van der Waals surface area contributed by atoms with E-state index < -0.39 is 0 Å². The van der Waals surface area contributed by atoms with Crippen molar-refractivity contribution in [1.82, 2.24) is 9.80 Å². The molecule has 8 nitrogen and oxygen atoms in total. The molecule has 186 valence electrons. The topological polar surface area (TPSA) is 74.3 Å². The molecule has 0 saturated carbocycles. The average Bonchev–Trinajstić information content (AvgIpc) is 2.89. The third-order valence-corrected chi connectivity index (χ3v) is 7.18. The third-order valence-electron chi connectivity index (χ3n) is 7.18. The van der Waals surface area contributed by atoms with E-state index in [4.69, 9.17) is 9.47 Å². The molecule has 5 rings (SSSR count). The summed E-state index contributed by atoms with van der Waals surface area (Å²) in [6.45, 7) is 4.78. The molecule has 0 bridgehead atoms. The standard InChI is InChI=1S/C26H31FN4O4/c1-34-21-7-2-18-14-22(26(33)28-20-5-3-19(27)4-6-20)24-16-29(8-9-31(24)23(18)15-21)17-25(32)30-10-12-35-13-11-30/h2-7,15,22,24H,8-14,16-17H2,1H3,(H,28,33)/t22-,24+/m0/s1. The van der Waals surface area contributed by atoms with Gasteiger partial charge in [-0.3, -0.25) is 14.5 Å². The predicted octanol–water partition coefficient (Wildman–Crippen LogP) is 1.99. The van der Waals surface area contributed by atoms with Gasteiger partial charge in [0.1, 0.15) is 11.6 Å².